The van der Waals surface area contributed by atoms with E-state index in [4.69, 9.17) is 10.5 Å². The van der Waals surface area contributed by atoms with E-state index in [1.54, 1.807) is 18.2 Å². The van der Waals surface area contributed by atoms with Crippen LogP contribution in [0.15, 0.2) is 30.3 Å². The first-order chi connectivity index (χ1) is 14.1. The van der Waals surface area contributed by atoms with Crippen LogP contribution in [0.3, 0.4) is 0 Å². The lowest BCUT2D eigenvalue weighted by atomic mass is 9.69. The number of anilines is 2. The minimum absolute atomic E-state index is 0.106. The fourth-order valence-electron chi connectivity index (χ4n) is 4.63. The van der Waals surface area contributed by atoms with Crippen LogP contribution in [-0.2, 0) is 4.74 Å². The number of para-hydroxylation sites is 1. The van der Waals surface area contributed by atoms with Crippen LogP contribution in [0, 0.1) is 11.3 Å². The van der Waals surface area contributed by atoms with Crippen LogP contribution in [-0.4, -0.2) is 39.6 Å². The van der Waals surface area contributed by atoms with E-state index in [1.807, 2.05) is 32.9 Å². The van der Waals surface area contributed by atoms with Crippen molar-refractivity contribution in [2.45, 2.75) is 51.7 Å². The van der Waals surface area contributed by atoms with Crippen LogP contribution in [0.2, 0.25) is 0 Å². The Morgan fingerprint density at radius 3 is 2.70 bits per heavy atom. The summed E-state index contributed by atoms with van der Waals surface area (Å²) >= 11 is 0. The third-order valence-electron chi connectivity index (χ3n) is 5.96. The molecule has 8 heteroatoms. The highest BCUT2D eigenvalue weighted by molar-refractivity contribution is 5.73. The largest absolute Gasteiger partial charge is 0.507 e. The Kier molecular flexibility index (Phi) is 4.95. The van der Waals surface area contributed by atoms with Gasteiger partial charge in [0.25, 0.3) is 0 Å². The number of nitrogens with zero attached hydrogens (tertiary/aromatic N) is 2. The maximum Gasteiger partial charge on any atom is 0.407 e. The summed E-state index contributed by atoms with van der Waals surface area (Å²) in [5.41, 5.74) is 7.56. The first-order valence-electron chi connectivity index (χ1n) is 10.3. The lowest BCUT2D eigenvalue weighted by Crippen LogP contribution is -2.42. The SMILES string of the molecule is CC(C)(C)OC(=O)NCC12CC(C1)[C@H](Nc1cc(-c3ccccc3O)nnc1N)C2. The van der Waals surface area contributed by atoms with Crippen LogP contribution in [0.1, 0.15) is 40.0 Å². The highest BCUT2D eigenvalue weighted by atomic mass is 16.6. The molecule has 30 heavy (non-hydrogen) atoms. The van der Waals surface area contributed by atoms with Crippen molar-refractivity contribution in [1.82, 2.24) is 15.5 Å². The summed E-state index contributed by atoms with van der Waals surface area (Å²) in [5.74, 6) is 1.02. The summed E-state index contributed by atoms with van der Waals surface area (Å²) in [6.45, 7) is 6.19. The number of rotatable bonds is 5. The van der Waals surface area contributed by atoms with Gasteiger partial charge in [0.05, 0.1) is 11.4 Å². The number of benzene rings is 1. The van der Waals surface area contributed by atoms with Crippen LogP contribution >= 0.6 is 0 Å². The number of nitrogens with two attached hydrogens (primary N) is 1. The highest BCUT2D eigenvalue weighted by Crippen LogP contribution is 2.59. The molecular formula is C22H29N5O3. The molecule has 3 aliphatic rings. The molecule has 1 atom stereocenters. The zero-order valence-corrected chi connectivity index (χ0v) is 17.6. The zero-order valence-electron chi connectivity index (χ0n) is 17.6. The Morgan fingerprint density at radius 1 is 1.27 bits per heavy atom. The van der Waals surface area contributed by atoms with E-state index in [9.17, 15) is 9.90 Å². The molecule has 1 heterocycles. The molecule has 0 radical (unpaired) electrons. The summed E-state index contributed by atoms with van der Waals surface area (Å²) in [4.78, 5) is 12.0. The van der Waals surface area contributed by atoms with E-state index in [2.05, 4.69) is 20.8 Å². The monoisotopic (exact) mass is 411 g/mol. The molecular weight excluding hydrogens is 382 g/mol. The van der Waals surface area contributed by atoms with E-state index in [0.717, 1.165) is 24.9 Å². The number of hydrogen-bond donors (Lipinski definition) is 4. The maximum atomic E-state index is 12.0. The van der Waals surface area contributed by atoms with Crippen LogP contribution in [0.5, 0.6) is 5.75 Å². The van der Waals surface area contributed by atoms with E-state index < -0.39 is 5.60 Å². The molecule has 0 aliphatic heterocycles. The standard InChI is InChI=1S/C22H29N5O3/c1-21(2,3)30-20(29)24-12-22-9-13(10-22)17(11-22)25-16-8-15(26-27-19(16)23)14-6-4-5-7-18(14)28/h4-8,13,17,28H,9-12H2,1-3H3,(H2,23,27)(H,24,29)(H,25,26)/t13?,17-,22?/m1/s1. The lowest BCUT2D eigenvalue weighted by Gasteiger charge is -2.38. The van der Waals surface area contributed by atoms with Crippen LogP contribution < -0.4 is 16.4 Å². The van der Waals surface area contributed by atoms with Crippen molar-refractivity contribution >= 4 is 17.6 Å². The highest BCUT2D eigenvalue weighted by Gasteiger charge is 2.56. The molecule has 0 saturated heterocycles. The summed E-state index contributed by atoms with van der Waals surface area (Å²) in [6, 6.07) is 9.11. The van der Waals surface area contributed by atoms with Crippen LogP contribution in [0.25, 0.3) is 11.3 Å². The molecule has 1 amide bonds. The molecule has 3 saturated carbocycles. The third kappa shape index (κ3) is 4.13. The minimum Gasteiger partial charge on any atom is -0.507 e. The van der Waals surface area contributed by atoms with Gasteiger partial charge in [-0.1, -0.05) is 12.1 Å². The van der Waals surface area contributed by atoms with Crippen molar-refractivity contribution in [2.24, 2.45) is 11.3 Å². The van der Waals surface area contributed by atoms with Gasteiger partial charge >= 0.3 is 6.09 Å². The number of aromatic nitrogens is 2. The van der Waals surface area contributed by atoms with Gasteiger partial charge in [-0.2, -0.15) is 0 Å². The number of hydrogen-bond acceptors (Lipinski definition) is 7. The number of fused-ring (bicyclic) bond motifs is 1. The Hall–Kier alpha value is -3.03. The van der Waals surface area contributed by atoms with Gasteiger partial charge in [-0.05, 0) is 69.6 Å². The topological polar surface area (TPSA) is 122 Å². The van der Waals surface area contributed by atoms with Crippen molar-refractivity contribution < 1.29 is 14.6 Å². The number of phenols is 1. The van der Waals surface area contributed by atoms with Gasteiger partial charge in [-0.25, -0.2) is 4.79 Å². The van der Waals surface area contributed by atoms with Gasteiger partial charge in [0.15, 0.2) is 5.82 Å². The molecule has 160 valence electrons. The Labute approximate surface area is 176 Å². The second kappa shape index (κ2) is 7.34. The number of ether oxygens (including phenoxy) is 1. The fourth-order valence-corrected chi connectivity index (χ4v) is 4.63. The molecule has 8 nitrogen and oxygen atoms in total. The normalized spacial score (nSPS) is 24.8. The first-order valence-corrected chi connectivity index (χ1v) is 10.3. The summed E-state index contributed by atoms with van der Waals surface area (Å²) in [5, 5.41) is 24.8. The van der Waals surface area contributed by atoms with Crippen molar-refractivity contribution in [1.29, 1.82) is 0 Å². The molecule has 5 rings (SSSR count). The Morgan fingerprint density at radius 2 is 2.00 bits per heavy atom. The average molecular weight is 412 g/mol. The summed E-state index contributed by atoms with van der Waals surface area (Å²) in [6.07, 6.45) is 2.70. The predicted molar refractivity (Wildman–Crippen MR) is 115 cm³/mol. The van der Waals surface area contributed by atoms with Crippen molar-refractivity contribution in [3.8, 4) is 17.0 Å². The number of phenolic OH excluding ortho intramolecular Hbond substituents is 1. The number of nitrogens with one attached hydrogen (secondary N) is 2. The third-order valence-corrected chi connectivity index (χ3v) is 5.96. The van der Waals surface area contributed by atoms with Gasteiger partial charge in [0.2, 0.25) is 0 Å². The van der Waals surface area contributed by atoms with Gasteiger partial charge in [0.1, 0.15) is 11.4 Å². The van der Waals surface area contributed by atoms with Gasteiger partial charge in [-0.15, -0.1) is 10.2 Å². The van der Waals surface area contributed by atoms with Gasteiger partial charge < -0.3 is 26.2 Å². The van der Waals surface area contributed by atoms with Crippen LogP contribution in [0.4, 0.5) is 16.3 Å². The number of carbonyl (C=O) groups excluding carboxylic acids is 1. The quantitative estimate of drug-likeness (QED) is 0.593. The van der Waals surface area contributed by atoms with E-state index in [1.165, 1.54) is 0 Å². The van der Waals surface area contributed by atoms with E-state index >= 15 is 0 Å². The molecule has 1 aromatic heterocycles. The van der Waals surface area contributed by atoms with Gasteiger partial charge in [0, 0.05) is 18.2 Å². The molecule has 2 aromatic rings. The smallest absolute Gasteiger partial charge is 0.407 e. The predicted octanol–water partition coefficient (Wildman–Crippen LogP) is 3.54. The number of amides is 1. The number of nitrogen functional groups attached to an aromatic ring is 1. The van der Waals surface area contributed by atoms with Crippen molar-refractivity contribution in [2.75, 3.05) is 17.6 Å². The molecule has 0 spiro atoms. The molecule has 3 aliphatic carbocycles. The first kappa shape index (κ1) is 20.3. The van der Waals surface area contributed by atoms with E-state index in [-0.39, 0.29) is 23.3 Å². The number of carbonyl (C=O) groups is 1. The zero-order chi connectivity index (χ0) is 21.5. The lowest BCUT2D eigenvalue weighted by molar-refractivity contribution is 0.0462. The van der Waals surface area contributed by atoms with E-state index in [0.29, 0.717) is 29.5 Å². The maximum absolute atomic E-state index is 12.0. The number of aromatic hydroxyl groups is 1. The summed E-state index contributed by atoms with van der Waals surface area (Å²) in [7, 11) is 0. The summed E-state index contributed by atoms with van der Waals surface area (Å²) < 4.78 is 5.35. The minimum atomic E-state index is -0.500. The number of alkyl carbamates (subject to hydrolysis) is 1. The van der Waals surface area contributed by atoms with Crippen molar-refractivity contribution in [3.63, 3.8) is 0 Å². The fraction of sp³-hybridized carbons (Fsp3) is 0.500. The molecule has 2 bridgehead atoms. The van der Waals surface area contributed by atoms with Gasteiger partial charge in [-0.3, -0.25) is 0 Å². The van der Waals surface area contributed by atoms with Crippen molar-refractivity contribution in [3.05, 3.63) is 30.3 Å². The Bertz CT molecular complexity index is 950. The second-order valence-electron chi connectivity index (χ2n) is 9.52. The molecule has 0 unspecified atom stereocenters. The molecule has 3 fully saturated rings. The second-order valence-corrected chi connectivity index (χ2v) is 9.52. The molecule has 1 aromatic carbocycles. The molecule has 5 N–H and O–H groups in total. The Balaban J connectivity index is 1.40. The average Bonchev–Trinajstić information content (AvgIpc) is 3.15.